The third kappa shape index (κ3) is 4.99. The van der Waals surface area contributed by atoms with Crippen molar-refractivity contribution in [3.8, 4) is 0 Å². The van der Waals surface area contributed by atoms with E-state index >= 15 is 0 Å². The van der Waals surface area contributed by atoms with E-state index in [-0.39, 0.29) is 12.8 Å². The molecule has 1 unspecified atom stereocenters. The second-order valence-electron chi connectivity index (χ2n) is 3.58. The average molecular weight is 297 g/mol. The SMILES string of the molecule is OC(CCCC(F)(F)F)c1cccc(Br)c1. The van der Waals surface area contributed by atoms with Gasteiger partial charge in [0, 0.05) is 10.9 Å². The molecule has 90 valence electrons. The Morgan fingerprint density at radius 2 is 2.00 bits per heavy atom. The summed E-state index contributed by atoms with van der Waals surface area (Å²) in [5, 5.41) is 9.65. The van der Waals surface area contributed by atoms with Crippen molar-refractivity contribution >= 4 is 15.9 Å². The van der Waals surface area contributed by atoms with Gasteiger partial charge in [0.2, 0.25) is 0 Å². The predicted molar refractivity (Wildman–Crippen MR) is 59.0 cm³/mol. The van der Waals surface area contributed by atoms with Crippen LogP contribution >= 0.6 is 15.9 Å². The maximum Gasteiger partial charge on any atom is 0.389 e. The van der Waals surface area contributed by atoms with Gasteiger partial charge >= 0.3 is 6.18 Å². The van der Waals surface area contributed by atoms with Crippen LogP contribution in [0.15, 0.2) is 28.7 Å². The molecule has 1 nitrogen and oxygen atoms in total. The molecule has 0 aromatic heterocycles. The predicted octanol–water partition coefficient (Wildman–Crippen LogP) is 4.22. The summed E-state index contributed by atoms with van der Waals surface area (Å²) >= 11 is 3.24. The minimum atomic E-state index is -4.14. The Kier molecular flexibility index (Phi) is 4.80. The molecule has 0 saturated heterocycles. The maximum absolute atomic E-state index is 11.9. The monoisotopic (exact) mass is 296 g/mol. The number of rotatable bonds is 4. The molecule has 0 spiro atoms. The molecule has 16 heavy (non-hydrogen) atoms. The van der Waals surface area contributed by atoms with E-state index in [1.807, 2.05) is 0 Å². The zero-order valence-corrected chi connectivity index (χ0v) is 10.1. The Labute approximate surface area is 100 Å². The van der Waals surface area contributed by atoms with Crippen molar-refractivity contribution in [1.82, 2.24) is 0 Å². The van der Waals surface area contributed by atoms with E-state index in [0.29, 0.717) is 5.56 Å². The number of aliphatic hydroxyl groups is 1. The van der Waals surface area contributed by atoms with Crippen LogP contribution in [0.4, 0.5) is 13.2 Å². The van der Waals surface area contributed by atoms with Crippen molar-refractivity contribution in [2.24, 2.45) is 0 Å². The number of hydrogen-bond acceptors (Lipinski definition) is 1. The molecule has 1 rings (SSSR count). The molecule has 1 atom stereocenters. The summed E-state index contributed by atoms with van der Waals surface area (Å²) in [4.78, 5) is 0. The first kappa shape index (κ1) is 13.5. The molecule has 1 aromatic rings. The molecule has 0 aliphatic heterocycles. The lowest BCUT2D eigenvalue weighted by molar-refractivity contribution is -0.136. The van der Waals surface area contributed by atoms with E-state index in [2.05, 4.69) is 15.9 Å². The summed E-state index contributed by atoms with van der Waals surface area (Å²) in [5.74, 6) is 0. The Morgan fingerprint density at radius 3 is 2.56 bits per heavy atom. The van der Waals surface area contributed by atoms with Crippen LogP contribution in [0.2, 0.25) is 0 Å². The van der Waals surface area contributed by atoms with Gasteiger partial charge in [0.25, 0.3) is 0 Å². The Morgan fingerprint density at radius 1 is 1.31 bits per heavy atom. The second-order valence-corrected chi connectivity index (χ2v) is 4.49. The normalized spacial score (nSPS) is 13.8. The summed E-state index contributed by atoms with van der Waals surface area (Å²) < 4.78 is 36.5. The van der Waals surface area contributed by atoms with E-state index in [1.54, 1.807) is 24.3 Å². The molecule has 5 heteroatoms. The van der Waals surface area contributed by atoms with E-state index < -0.39 is 18.7 Å². The highest BCUT2D eigenvalue weighted by molar-refractivity contribution is 9.10. The van der Waals surface area contributed by atoms with E-state index in [4.69, 9.17) is 0 Å². The van der Waals surface area contributed by atoms with Crippen LogP contribution in [0.1, 0.15) is 30.9 Å². The summed E-state index contributed by atoms with van der Waals surface area (Å²) in [5.41, 5.74) is 0.636. The van der Waals surface area contributed by atoms with Crippen LogP contribution in [0.5, 0.6) is 0 Å². The lowest BCUT2D eigenvalue weighted by atomic mass is 10.0. The number of alkyl halides is 3. The van der Waals surface area contributed by atoms with Gasteiger partial charge in [0.15, 0.2) is 0 Å². The zero-order valence-electron chi connectivity index (χ0n) is 8.47. The zero-order chi connectivity index (χ0) is 12.2. The number of hydrogen-bond donors (Lipinski definition) is 1. The van der Waals surface area contributed by atoms with Gasteiger partial charge in [0.1, 0.15) is 0 Å². The third-order valence-electron chi connectivity index (χ3n) is 2.17. The second kappa shape index (κ2) is 5.68. The molecule has 0 aliphatic carbocycles. The Hall–Kier alpha value is -0.550. The standard InChI is InChI=1S/C11H12BrF3O/c12-9-4-1-3-8(7-9)10(16)5-2-6-11(13,14)15/h1,3-4,7,10,16H,2,5-6H2. The molecule has 0 aliphatic rings. The van der Waals surface area contributed by atoms with Crippen molar-refractivity contribution in [2.45, 2.75) is 31.5 Å². The minimum absolute atomic E-state index is 0.0584. The highest BCUT2D eigenvalue weighted by Gasteiger charge is 2.26. The van der Waals surface area contributed by atoms with Gasteiger partial charge in [-0.2, -0.15) is 13.2 Å². The highest BCUT2D eigenvalue weighted by atomic mass is 79.9. The van der Waals surface area contributed by atoms with Crippen molar-refractivity contribution in [1.29, 1.82) is 0 Å². The Balaban J connectivity index is 2.44. The first-order valence-corrected chi connectivity index (χ1v) is 5.68. The van der Waals surface area contributed by atoms with Gasteiger partial charge in [-0.1, -0.05) is 28.1 Å². The first-order valence-electron chi connectivity index (χ1n) is 4.89. The molecule has 1 aromatic carbocycles. The first-order chi connectivity index (χ1) is 7.38. The van der Waals surface area contributed by atoms with Crippen molar-refractivity contribution < 1.29 is 18.3 Å². The van der Waals surface area contributed by atoms with E-state index in [1.165, 1.54) is 0 Å². The van der Waals surface area contributed by atoms with E-state index in [0.717, 1.165) is 4.47 Å². The fourth-order valence-corrected chi connectivity index (χ4v) is 1.79. The van der Waals surface area contributed by atoms with Crippen molar-refractivity contribution in [3.05, 3.63) is 34.3 Å². The topological polar surface area (TPSA) is 20.2 Å². The van der Waals surface area contributed by atoms with Crippen molar-refractivity contribution in [2.75, 3.05) is 0 Å². The fourth-order valence-electron chi connectivity index (χ4n) is 1.38. The van der Waals surface area contributed by atoms with Crippen LogP contribution in [0.25, 0.3) is 0 Å². The third-order valence-corrected chi connectivity index (χ3v) is 2.66. The van der Waals surface area contributed by atoms with Gasteiger partial charge in [-0.3, -0.25) is 0 Å². The minimum Gasteiger partial charge on any atom is -0.388 e. The van der Waals surface area contributed by atoms with Crippen LogP contribution in [0.3, 0.4) is 0 Å². The average Bonchev–Trinajstić information content (AvgIpc) is 2.15. The van der Waals surface area contributed by atoms with Gasteiger partial charge < -0.3 is 5.11 Å². The highest BCUT2D eigenvalue weighted by Crippen LogP contribution is 2.27. The van der Waals surface area contributed by atoms with Gasteiger partial charge in [0.05, 0.1) is 6.10 Å². The molecule has 0 radical (unpaired) electrons. The van der Waals surface area contributed by atoms with Crippen molar-refractivity contribution in [3.63, 3.8) is 0 Å². The van der Waals surface area contributed by atoms with Gasteiger partial charge in [-0.05, 0) is 30.5 Å². The largest absolute Gasteiger partial charge is 0.389 e. The molecule has 1 N–H and O–H groups in total. The van der Waals surface area contributed by atoms with Crippen LogP contribution in [0, 0.1) is 0 Å². The number of benzene rings is 1. The van der Waals surface area contributed by atoms with Crippen LogP contribution in [-0.4, -0.2) is 11.3 Å². The maximum atomic E-state index is 11.9. The molecular formula is C11H12BrF3O. The fraction of sp³-hybridized carbons (Fsp3) is 0.455. The van der Waals surface area contributed by atoms with Crippen LogP contribution < -0.4 is 0 Å². The smallest absolute Gasteiger partial charge is 0.388 e. The summed E-state index contributed by atoms with van der Waals surface area (Å²) in [6.45, 7) is 0. The summed E-state index contributed by atoms with van der Waals surface area (Å²) in [6.07, 6.45) is -5.76. The number of aliphatic hydroxyl groups excluding tert-OH is 1. The van der Waals surface area contributed by atoms with E-state index in [9.17, 15) is 18.3 Å². The van der Waals surface area contributed by atoms with Gasteiger partial charge in [-0.25, -0.2) is 0 Å². The quantitative estimate of drug-likeness (QED) is 0.882. The summed E-state index contributed by atoms with van der Waals surface area (Å²) in [6, 6.07) is 6.94. The summed E-state index contributed by atoms with van der Waals surface area (Å²) in [7, 11) is 0. The van der Waals surface area contributed by atoms with Crippen LogP contribution in [-0.2, 0) is 0 Å². The number of halogens is 4. The van der Waals surface area contributed by atoms with Gasteiger partial charge in [-0.15, -0.1) is 0 Å². The Bertz CT molecular complexity index is 338. The molecule has 0 amide bonds. The molecule has 0 fully saturated rings. The molecular weight excluding hydrogens is 285 g/mol. The lowest BCUT2D eigenvalue weighted by Crippen LogP contribution is -2.08. The molecule has 0 heterocycles. The molecule has 0 saturated carbocycles. The lowest BCUT2D eigenvalue weighted by Gasteiger charge is -2.12. The molecule has 0 bridgehead atoms.